The largest absolute Gasteiger partial charge is 0.335 e. The van der Waals surface area contributed by atoms with E-state index in [1.807, 2.05) is 29.2 Å². The fraction of sp³-hybridized carbons (Fsp3) is 0.412. The number of carbonyl (C=O) groups excluding carboxylic acids is 1. The minimum atomic E-state index is -0.209. The van der Waals surface area contributed by atoms with Crippen LogP contribution >= 0.6 is 0 Å². The third-order valence-electron chi connectivity index (χ3n) is 4.89. The van der Waals surface area contributed by atoms with Crippen LogP contribution in [0.15, 0.2) is 35.1 Å². The molecule has 1 aliphatic carbocycles. The van der Waals surface area contributed by atoms with E-state index in [-0.39, 0.29) is 11.5 Å². The Bertz CT molecular complexity index is 765. The highest BCUT2D eigenvalue weighted by molar-refractivity contribution is 6.06. The number of pyridine rings is 1. The summed E-state index contributed by atoms with van der Waals surface area (Å²) in [4.78, 5) is 29.5. The lowest BCUT2D eigenvalue weighted by molar-refractivity contribution is 0.0735. The zero-order valence-electron chi connectivity index (χ0n) is 11.8. The molecule has 4 rings (SSSR count). The van der Waals surface area contributed by atoms with Crippen molar-refractivity contribution in [3.8, 4) is 0 Å². The first-order valence-electron chi connectivity index (χ1n) is 7.65. The molecule has 2 atom stereocenters. The van der Waals surface area contributed by atoms with Gasteiger partial charge in [-0.25, -0.2) is 0 Å². The summed E-state index contributed by atoms with van der Waals surface area (Å²) in [6.45, 7) is 0.852. The van der Waals surface area contributed by atoms with Crippen molar-refractivity contribution in [3.05, 3.63) is 46.2 Å². The van der Waals surface area contributed by atoms with Crippen molar-refractivity contribution in [2.45, 2.75) is 31.7 Å². The summed E-state index contributed by atoms with van der Waals surface area (Å²) in [5.74, 6) is 0.674. The lowest BCUT2D eigenvalue weighted by Gasteiger charge is -2.25. The van der Waals surface area contributed by atoms with E-state index in [0.29, 0.717) is 17.5 Å². The fourth-order valence-corrected chi connectivity index (χ4v) is 3.92. The number of nitrogens with one attached hydrogen (secondary N) is 1. The highest BCUT2D eigenvalue weighted by atomic mass is 16.2. The number of hydrogen-bond acceptors (Lipinski definition) is 2. The van der Waals surface area contributed by atoms with Gasteiger partial charge in [0.05, 0.1) is 5.56 Å². The zero-order chi connectivity index (χ0) is 14.4. The molecular weight excluding hydrogens is 264 g/mol. The Kier molecular flexibility index (Phi) is 2.84. The predicted octanol–water partition coefficient (Wildman–Crippen LogP) is 2.54. The molecule has 1 aromatic carbocycles. The molecule has 1 N–H and O–H groups in total. The van der Waals surface area contributed by atoms with E-state index in [2.05, 4.69) is 4.98 Å². The van der Waals surface area contributed by atoms with Crippen LogP contribution in [0.1, 0.15) is 36.0 Å². The number of carbonyl (C=O) groups is 1. The molecule has 1 saturated heterocycles. The van der Waals surface area contributed by atoms with Gasteiger partial charge < -0.3 is 9.88 Å². The van der Waals surface area contributed by atoms with Crippen molar-refractivity contribution in [2.24, 2.45) is 5.92 Å². The Morgan fingerprint density at radius 3 is 2.95 bits per heavy atom. The molecule has 21 heavy (non-hydrogen) atoms. The van der Waals surface area contributed by atoms with Crippen LogP contribution < -0.4 is 5.56 Å². The molecule has 2 heterocycles. The topological polar surface area (TPSA) is 53.2 Å². The van der Waals surface area contributed by atoms with E-state index in [1.54, 1.807) is 0 Å². The van der Waals surface area contributed by atoms with Crippen LogP contribution in [0.4, 0.5) is 0 Å². The van der Waals surface area contributed by atoms with Crippen molar-refractivity contribution in [1.29, 1.82) is 0 Å². The van der Waals surface area contributed by atoms with Gasteiger partial charge in [0.15, 0.2) is 0 Å². The van der Waals surface area contributed by atoms with Gasteiger partial charge >= 0.3 is 0 Å². The van der Waals surface area contributed by atoms with Gasteiger partial charge in [-0.2, -0.15) is 0 Å². The van der Waals surface area contributed by atoms with Crippen molar-refractivity contribution < 1.29 is 4.79 Å². The van der Waals surface area contributed by atoms with Crippen molar-refractivity contribution in [2.75, 3.05) is 6.54 Å². The average molecular weight is 282 g/mol. The summed E-state index contributed by atoms with van der Waals surface area (Å²) in [6, 6.07) is 9.34. The summed E-state index contributed by atoms with van der Waals surface area (Å²) < 4.78 is 0. The van der Waals surface area contributed by atoms with Crippen LogP contribution in [-0.4, -0.2) is 28.4 Å². The molecule has 1 amide bonds. The van der Waals surface area contributed by atoms with Crippen molar-refractivity contribution in [3.63, 3.8) is 0 Å². The van der Waals surface area contributed by atoms with Gasteiger partial charge in [0.25, 0.3) is 5.91 Å². The standard InChI is InChI=1S/C17H18N2O2/c20-16-9-14(13-6-1-2-7-15(13)18-16)17(21)19-10-11-4-3-5-12(19)8-11/h1-2,6-7,9,11-12H,3-5,8,10H2,(H,18,20)/t11-,12+/m0/s1. The molecule has 0 spiro atoms. The number of para-hydroxylation sites is 1. The molecular formula is C17H18N2O2. The van der Waals surface area contributed by atoms with Gasteiger partial charge in [-0.1, -0.05) is 24.6 Å². The fourth-order valence-electron chi connectivity index (χ4n) is 3.92. The first-order valence-corrected chi connectivity index (χ1v) is 7.65. The Labute approximate surface area is 122 Å². The number of aromatic nitrogens is 1. The number of fused-ring (bicyclic) bond motifs is 3. The molecule has 0 unspecified atom stereocenters. The second kappa shape index (κ2) is 4.72. The second-order valence-electron chi connectivity index (χ2n) is 6.24. The van der Waals surface area contributed by atoms with Gasteiger partial charge in [0, 0.05) is 29.6 Å². The molecule has 2 aromatic rings. The molecule has 0 radical (unpaired) electrons. The molecule has 4 nitrogen and oxygen atoms in total. The minimum Gasteiger partial charge on any atom is -0.335 e. The molecule has 108 valence electrons. The van der Waals surface area contributed by atoms with Gasteiger partial charge in [-0.3, -0.25) is 9.59 Å². The maximum absolute atomic E-state index is 12.9. The highest BCUT2D eigenvalue weighted by Crippen LogP contribution is 2.36. The molecule has 1 aromatic heterocycles. The quantitative estimate of drug-likeness (QED) is 0.874. The monoisotopic (exact) mass is 282 g/mol. The summed E-state index contributed by atoms with van der Waals surface area (Å²) >= 11 is 0. The van der Waals surface area contributed by atoms with Crippen LogP contribution in [-0.2, 0) is 0 Å². The van der Waals surface area contributed by atoms with Crippen molar-refractivity contribution >= 4 is 16.8 Å². The third kappa shape index (κ3) is 2.06. The van der Waals surface area contributed by atoms with E-state index < -0.39 is 0 Å². The maximum Gasteiger partial charge on any atom is 0.255 e. The highest BCUT2D eigenvalue weighted by Gasteiger charge is 2.38. The summed E-state index contributed by atoms with van der Waals surface area (Å²) in [7, 11) is 0. The van der Waals surface area contributed by atoms with Gasteiger partial charge in [0.1, 0.15) is 0 Å². The number of amides is 1. The van der Waals surface area contributed by atoms with Crippen LogP contribution in [0.2, 0.25) is 0 Å². The maximum atomic E-state index is 12.9. The molecule has 4 heteroatoms. The van der Waals surface area contributed by atoms with Gasteiger partial charge in [-0.05, 0) is 31.2 Å². The lowest BCUT2D eigenvalue weighted by atomic mass is 9.90. The summed E-state index contributed by atoms with van der Waals surface area (Å²) in [5.41, 5.74) is 1.07. The number of aromatic amines is 1. The Balaban J connectivity index is 1.79. The summed E-state index contributed by atoms with van der Waals surface area (Å²) in [6.07, 6.45) is 4.68. The Hall–Kier alpha value is -2.10. The van der Waals surface area contributed by atoms with Crippen LogP contribution in [0, 0.1) is 5.92 Å². The number of benzene rings is 1. The number of hydrogen-bond donors (Lipinski definition) is 1. The van der Waals surface area contributed by atoms with Crippen LogP contribution in [0.3, 0.4) is 0 Å². The SMILES string of the molecule is O=C(c1cc(=O)[nH]c2ccccc12)N1C[C@H]2CCC[C@@H]1C2. The van der Waals surface area contributed by atoms with E-state index in [0.717, 1.165) is 30.3 Å². The normalized spacial score (nSPS) is 24.5. The zero-order valence-corrected chi connectivity index (χ0v) is 11.8. The first kappa shape index (κ1) is 12.6. The number of H-pyrrole nitrogens is 1. The summed E-state index contributed by atoms with van der Waals surface area (Å²) in [5, 5.41) is 0.837. The molecule has 2 fully saturated rings. The minimum absolute atomic E-state index is 0.0201. The van der Waals surface area contributed by atoms with E-state index in [4.69, 9.17) is 0 Å². The predicted molar refractivity (Wildman–Crippen MR) is 81.4 cm³/mol. The molecule has 2 bridgehead atoms. The van der Waals surface area contributed by atoms with Crippen LogP contribution in [0.25, 0.3) is 10.9 Å². The van der Waals surface area contributed by atoms with E-state index >= 15 is 0 Å². The molecule has 1 aliphatic heterocycles. The third-order valence-corrected chi connectivity index (χ3v) is 4.89. The number of rotatable bonds is 1. The van der Waals surface area contributed by atoms with E-state index in [9.17, 15) is 9.59 Å². The lowest BCUT2D eigenvalue weighted by Crippen LogP contribution is -2.35. The van der Waals surface area contributed by atoms with Crippen LogP contribution in [0.5, 0.6) is 0 Å². The number of likely N-dealkylation sites (tertiary alicyclic amines) is 1. The van der Waals surface area contributed by atoms with Gasteiger partial charge in [0.2, 0.25) is 5.56 Å². The second-order valence-corrected chi connectivity index (χ2v) is 6.24. The Morgan fingerprint density at radius 1 is 1.24 bits per heavy atom. The van der Waals surface area contributed by atoms with E-state index in [1.165, 1.54) is 18.9 Å². The Morgan fingerprint density at radius 2 is 2.10 bits per heavy atom. The molecule has 1 saturated carbocycles. The first-order chi connectivity index (χ1) is 10.2. The smallest absolute Gasteiger partial charge is 0.255 e. The van der Waals surface area contributed by atoms with Gasteiger partial charge in [-0.15, -0.1) is 0 Å². The van der Waals surface area contributed by atoms with Crippen molar-refractivity contribution in [1.82, 2.24) is 9.88 Å². The number of nitrogens with zero attached hydrogens (tertiary/aromatic N) is 1. The molecule has 2 aliphatic rings. The average Bonchev–Trinajstić information content (AvgIpc) is 2.79.